The number of phenolic OH excluding ortho intramolecular Hbond substituents is 1. The molecule has 1 fully saturated rings. The molecule has 0 saturated carbocycles. The van der Waals surface area contributed by atoms with E-state index in [4.69, 9.17) is 4.74 Å². The number of Topliss-reactive ketones (excluding diaryl/α,β-unsaturated/α-hetero) is 1. The Kier molecular flexibility index (Phi) is 6.76. The highest BCUT2D eigenvalue weighted by atomic mass is 32.1. The number of nitrogens with zero attached hydrogens (tertiary/aromatic N) is 1. The Balaban J connectivity index is 1.57. The summed E-state index contributed by atoms with van der Waals surface area (Å²) in [5, 5.41) is 17.1. The van der Waals surface area contributed by atoms with E-state index in [0.29, 0.717) is 5.56 Å². The number of aromatic hydroxyl groups is 1. The van der Waals surface area contributed by atoms with Crippen LogP contribution in [-0.2, 0) is 20.7 Å². The molecule has 1 aromatic carbocycles. The SMILES string of the molecule is C[C@H]1OCC(=O)[C@]1(C)NC(=O)C(Cc1ccc(O)cc1)NC(=O)c1cncc(-c2cccs2)c1. The number of aromatic nitrogens is 1. The van der Waals surface area contributed by atoms with Crippen molar-refractivity contribution in [2.24, 2.45) is 0 Å². The Morgan fingerprint density at radius 1 is 1.26 bits per heavy atom. The average Bonchev–Trinajstić information content (AvgIpc) is 3.45. The highest BCUT2D eigenvalue weighted by Crippen LogP contribution is 2.25. The molecule has 0 radical (unpaired) electrons. The number of amides is 2. The van der Waals surface area contributed by atoms with Crippen LogP contribution >= 0.6 is 11.3 Å². The molecule has 0 aliphatic carbocycles. The monoisotopic (exact) mass is 479 g/mol. The molecule has 1 unspecified atom stereocenters. The first kappa shape index (κ1) is 23.6. The highest BCUT2D eigenvalue weighted by molar-refractivity contribution is 7.13. The van der Waals surface area contributed by atoms with Gasteiger partial charge in [0, 0.05) is 29.3 Å². The standard InChI is InChI=1S/C25H25N3O5S/c1-15-25(2,22(30)14-33-15)28-24(32)20(10-16-5-7-19(29)8-6-16)27-23(31)18-11-17(12-26-13-18)21-4-3-9-34-21/h3-9,11-13,15,20,29H,10,14H2,1-2H3,(H,27,31)(H,28,32)/t15-,20?,25-/m1/s1. The fourth-order valence-electron chi connectivity index (χ4n) is 3.72. The molecule has 0 bridgehead atoms. The van der Waals surface area contributed by atoms with Gasteiger partial charge in [-0.15, -0.1) is 11.3 Å². The summed E-state index contributed by atoms with van der Waals surface area (Å²) < 4.78 is 5.41. The van der Waals surface area contributed by atoms with Gasteiger partial charge in [-0.05, 0) is 49.1 Å². The molecule has 3 atom stereocenters. The Hall–Kier alpha value is -3.56. The first-order valence-electron chi connectivity index (χ1n) is 10.8. The van der Waals surface area contributed by atoms with Gasteiger partial charge < -0.3 is 20.5 Å². The molecule has 34 heavy (non-hydrogen) atoms. The lowest BCUT2D eigenvalue weighted by Crippen LogP contribution is -2.60. The van der Waals surface area contributed by atoms with E-state index >= 15 is 0 Å². The van der Waals surface area contributed by atoms with Crippen LogP contribution < -0.4 is 10.6 Å². The summed E-state index contributed by atoms with van der Waals surface area (Å²) in [5.74, 6) is -1.09. The van der Waals surface area contributed by atoms with Gasteiger partial charge in [-0.1, -0.05) is 18.2 Å². The van der Waals surface area contributed by atoms with Crippen LogP contribution in [0.1, 0.15) is 29.8 Å². The predicted octanol–water partition coefficient (Wildman–Crippen LogP) is 2.72. The number of pyridine rings is 1. The number of carbonyl (C=O) groups excluding carboxylic acids is 3. The minimum absolute atomic E-state index is 0.0753. The van der Waals surface area contributed by atoms with Gasteiger partial charge in [-0.2, -0.15) is 0 Å². The maximum atomic E-state index is 13.3. The molecule has 3 aromatic rings. The van der Waals surface area contributed by atoms with Crippen molar-refractivity contribution in [3.63, 3.8) is 0 Å². The summed E-state index contributed by atoms with van der Waals surface area (Å²) in [6.07, 6.45) is 2.78. The van der Waals surface area contributed by atoms with Crippen molar-refractivity contribution >= 4 is 28.9 Å². The highest BCUT2D eigenvalue weighted by Gasteiger charge is 2.47. The number of rotatable bonds is 7. The van der Waals surface area contributed by atoms with Crippen molar-refractivity contribution in [1.29, 1.82) is 0 Å². The molecule has 2 amide bonds. The van der Waals surface area contributed by atoms with E-state index in [0.717, 1.165) is 16.0 Å². The number of nitrogens with one attached hydrogen (secondary N) is 2. The molecule has 3 heterocycles. The summed E-state index contributed by atoms with van der Waals surface area (Å²) in [5.41, 5.74) is 0.665. The third-order valence-electron chi connectivity index (χ3n) is 6.04. The van der Waals surface area contributed by atoms with Gasteiger partial charge in [0.15, 0.2) is 5.78 Å². The number of hydrogen-bond acceptors (Lipinski definition) is 7. The number of benzene rings is 1. The van der Waals surface area contributed by atoms with Gasteiger partial charge in [0.25, 0.3) is 5.91 Å². The van der Waals surface area contributed by atoms with Gasteiger partial charge in [0.2, 0.25) is 5.91 Å². The maximum absolute atomic E-state index is 13.3. The van der Waals surface area contributed by atoms with Crippen molar-refractivity contribution in [2.45, 2.75) is 38.0 Å². The average molecular weight is 480 g/mol. The second-order valence-electron chi connectivity index (χ2n) is 8.40. The molecule has 8 nitrogen and oxygen atoms in total. The number of ketones is 1. The van der Waals surface area contributed by atoms with Gasteiger partial charge in [0.1, 0.15) is 23.9 Å². The number of thiophene rings is 1. The molecule has 9 heteroatoms. The van der Waals surface area contributed by atoms with Gasteiger partial charge in [0.05, 0.1) is 11.7 Å². The van der Waals surface area contributed by atoms with Crippen LogP contribution in [0.4, 0.5) is 0 Å². The van der Waals surface area contributed by atoms with Crippen LogP contribution in [0.5, 0.6) is 5.75 Å². The zero-order valence-corrected chi connectivity index (χ0v) is 19.6. The van der Waals surface area contributed by atoms with Crippen molar-refractivity contribution in [3.05, 3.63) is 71.4 Å². The molecule has 0 spiro atoms. The molecule has 4 rings (SSSR count). The lowest BCUT2D eigenvalue weighted by Gasteiger charge is -2.30. The number of carbonyl (C=O) groups is 3. The predicted molar refractivity (Wildman–Crippen MR) is 128 cm³/mol. The zero-order valence-electron chi connectivity index (χ0n) is 18.8. The van der Waals surface area contributed by atoms with Crippen molar-refractivity contribution < 1.29 is 24.2 Å². The molecule has 1 saturated heterocycles. The number of ether oxygens (including phenoxy) is 1. The van der Waals surface area contributed by atoms with Gasteiger partial charge in [-0.3, -0.25) is 19.4 Å². The van der Waals surface area contributed by atoms with E-state index in [-0.39, 0.29) is 24.6 Å². The first-order chi connectivity index (χ1) is 16.3. The molecular weight excluding hydrogens is 454 g/mol. The Morgan fingerprint density at radius 3 is 2.68 bits per heavy atom. The van der Waals surface area contributed by atoms with Crippen LogP contribution in [0.2, 0.25) is 0 Å². The van der Waals surface area contributed by atoms with E-state index in [9.17, 15) is 19.5 Å². The second-order valence-corrected chi connectivity index (χ2v) is 9.35. The summed E-state index contributed by atoms with van der Waals surface area (Å²) in [6.45, 7) is 3.27. The molecular formula is C25H25N3O5S. The summed E-state index contributed by atoms with van der Waals surface area (Å²) in [4.78, 5) is 43.9. The van der Waals surface area contributed by atoms with Crippen molar-refractivity contribution in [2.75, 3.05) is 6.61 Å². The molecule has 3 N–H and O–H groups in total. The van der Waals surface area contributed by atoms with E-state index in [1.54, 1.807) is 38.2 Å². The molecule has 2 aromatic heterocycles. The van der Waals surface area contributed by atoms with Crippen LogP contribution in [0.3, 0.4) is 0 Å². The minimum Gasteiger partial charge on any atom is -0.508 e. The number of phenols is 1. The Bertz CT molecular complexity index is 1200. The van der Waals surface area contributed by atoms with E-state index in [2.05, 4.69) is 15.6 Å². The van der Waals surface area contributed by atoms with Crippen LogP contribution in [0.15, 0.2) is 60.2 Å². The summed E-state index contributed by atoms with van der Waals surface area (Å²) in [6, 6.07) is 11.0. The number of hydrogen-bond donors (Lipinski definition) is 3. The Labute approximate surface area is 201 Å². The molecule has 1 aliphatic heterocycles. The smallest absolute Gasteiger partial charge is 0.253 e. The van der Waals surface area contributed by atoms with Crippen molar-refractivity contribution in [3.8, 4) is 16.2 Å². The van der Waals surface area contributed by atoms with Crippen molar-refractivity contribution in [1.82, 2.24) is 15.6 Å². The van der Waals surface area contributed by atoms with Crippen LogP contribution in [0.25, 0.3) is 10.4 Å². The fourth-order valence-corrected chi connectivity index (χ4v) is 4.43. The van der Waals surface area contributed by atoms with Crippen LogP contribution in [-0.4, -0.2) is 52.0 Å². The fraction of sp³-hybridized carbons (Fsp3) is 0.280. The molecule has 176 valence electrons. The Morgan fingerprint density at radius 2 is 2.03 bits per heavy atom. The maximum Gasteiger partial charge on any atom is 0.253 e. The summed E-state index contributed by atoms with van der Waals surface area (Å²) >= 11 is 1.54. The quantitative estimate of drug-likeness (QED) is 0.480. The van der Waals surface area contributed by atoms with E-state index in [1.165, 1.54) is 29.7 Å². The van der Waals surface area contributed by atoms with E-state index < -0.39 is 29.5 Å². The largest absolute Gasteiger partial charge is 0.508 e. The first-order valence-corrected chi connectivity index (χ1v) is 11.7. The third kappa shape index (κ3) is 5.00. The lowest BCUT2D eigenvalue weighted by molar-refractivity contribution is -0.130. The topological polar surface area (TPSA) is 118 Å². The second kappa shape index (κ2) is 9.74. The zero-order chi connectivity index (χ0) is 24.3. The van der Waals surface area contributed by atoms with E-state index in [1.807, 2.05) is 17.5 Å². The molecule has 1 aliphatic rings. The third-order valence-corrected chi connectivity index (χ3v) is 6.96. The summed E-state index contributed by atoms with van der Waals surface area (Å²) in [7, 11) is 0. The minimum atomic E-state index is -1.18. The van der Waals surface area contributed by atoms with Crippen LogP contribution in [0, 0.1) is 0 Å². The lowest BCUT2D eigenvalue weighted by atomic mass is 9.92. The van der Waals surface area contributed by atoms with Gasteiger partial charge >= 0.3 is 0 Å². The normalized spacial score (nSPS) is 20.6. The van der Waals surface area contributed by atoms with Gasteiger partial charge in [-0.25, -0.2) is 0 Å².